The minimum atomic E-state index is -0.974. The van der Waals surface area contributed by atoms with Gasteiger partial charge < -0.3 is 10.8 Å². The van der Waals surface area contributed by atoms with Crippen molar-refractivity contribution in [2.75, 3.05) is 4.90 Å². The van der Waals surface area contributed by atoms with Crippen LogP contribution in [0.4, 0.5) is 5.69 Å². The second kappa shape index (κ2) is 6.05. The van der Waals surface area contributed by atoms with Gasteiger partial charge in [-0.25, -0.2) is 4.79 Å². The lowest BCUT2D eigenvalue weighted by Gasteiger charge is -2.24. The van der Waals surface area contributed by atoms with E-state index >= 15 is 0 Å². The van der Waals surface area contributed by atoms with Crippen LogP contribution in [0.1, 0.15) is 31.7 Å². The number of carbonyl (C=O) groups excluding carboxylic acids is 1. The highest BCUT2D eigenvalue weighted by molar-refractivity contribution is 6.02. The van der Waals surface area contributed by atoms with Gasteiger partial charge in [-0.05, 0) is 18.1 Å². The predicted molar refractivity (Wildman–Crippen MR) is 76.6 cm³/mol. The minimum absolute atomic E-state index is 0.186. The Labute approximate surface area is 118 Å². The van der Waals surface area contributed by atoms with E-state index in [1.54, 1.807) is 6.07 Å². The van der Waals surface area contributed by atoms with Crippen molar-refractivity contribution in [3.8, 4) is 0 Å². The van der Waals surface area contributed by atoms with Crippen molar-refractivity contribution in [1.82, 2.24) is 0 Å². The van der Waals surface area contributed by atoms with Gasteiger partial charge >= 0.3 is 5.97 Å². The van der Waals surface area contributed by atoms with Crippen LogP contribution in [0.15, 0.2) is 24.3 Å². The van der Waals surface area contributed by atoms with Gasteiger partial charge in [0.2, 0.25) is 5.91 Å². The first kappa shape index (κ1) is 14.5. The average Bonchev–Trinajstić information content (AvgIpc) is 2.78. The number of para-hydroxylation sites is 1. The van der Waals surface area contributed by atoms with Crippen molar-refractivity contribution in [1.29, 1.82) is 0 Å². The fourth-order valence-corrected chi connectivity index (χ4v) is 2.69. The molecule has 1 aromatic rings. The van der Waals surface area contributed by atoms with E-state index in [0.717, 1.165) is 18.4 Å². The van der Waals surface area contributed by atoms with Crippen molar-refractivity contribution in [2.24, 2.45) is 5.73 Å². The van der Waals surface area contributed by atoms with Gasteiger partial charge in [0.25, 0.3) is 0 Å². The number of carbonyl (C=O) groups is 2. The molecule has 2 unspecified atom stereocenters. The third-order valence-corrected chi connectivity index (χ3v) is 3.63. The van der Waals surface area contributed by atoms with Gasteiger partial charge in [0.05, 0.1) is 0 Å². The summed E-state index contributed by atoms with van der Waals surface area (Å²) in [4.78, 5) is 25.2. The molecule has 1 amide bonds. The van der Waals surface area contributed by atoms with Crippen molar-refractivity contribution >= 4 is 17.6 Å². The second-order valence-electron chi connectivity index (χ2n) is 5.20. The Morgan fingerprint density at radius 1 is 1.45 bits per heavy atom. The van der Waals surface area contributed by atoms with E-state index in [-0.39, 0.29) is 18.4 Å². The van der Waals surface area contributed by atoms with Crippen molar-refractivity contribution in [3.63, 3.8) is 0 Å². The number of aliphatic carboxylic acids is 1. The molecule has 2 atom stereocenters. The molecule has 0 saturated carbocycles. The Kier molecular flexibility index (Phi) is 4.39. The molecule has 1 heterocycles. The quantitative estimate of drug-likeness (QED) is 0.854. The second-order valence-corrected chi connectivity index (χ2v) is 5.20. The summed E-state index contributed by atoms with van der Waals surface area (Å²) in [5, 5.41) is 9.32. The van der Waals surface area contributed by atoms with Gasteiger partial charge in [-0.1, -0.05) is 31.5 Å². The maximum absolute atomic E-state index is 12.4. The van der Waals surface area contributed by atoms with Gasteiger partial charge in [0, 0.05) is 24.6 Å². The molecule has 1 aromatic carbocycles. The lowest BCUT2D eigenvalue weighted by Crippen LogP contribution is -2.44. The highest BCUT2D eigenvalue weighted by Gasteiger charge is 2.38. The number of nitrogens with two attached hydrogens (primary N) is 1. The zero-order chi connectivity index (χ0) is 14.7. The van der Waals surface area contributed by atoms with Crippen LogP contribution < -0.4 is 10.6 Å². The van der Waals surface area contributed by atoms with E-state index in [9.17, 15) is 14.7 Å². The largest absolute Gasteiger partial charge is 0.480 e. The van der Waals surface area contributed by atoms with Crippen LogP contribution in [0.5, 0.6) is 0 Å². The first-order chi connectivity index (χ1) is 9.54. The Morgan fingerprint density at radius 2 is 2.15 bits per heavy atom. The van der Waals surface area contributed by atoms with E-state index < -0.39 is 12.0 Å². The molecule has 5 heteroatoms. The van der Waals surface area contributed by atoms with Crippen LogP contribution in [0.2, 0.25) is 0 Å². The molecule has 0 aliphatic carbocycles. The van der Waals surface area contributed by atoms with E-state index in [0.29, 0.717) is 12.1 Å². The van der Waals surface area contributed by atoms with E-state index in [4.69, 9.17) is 5.73 Å². The molecule has 0 spiro atoms. The van der Waals surface area contributed by atoms with Gasteiger partial charge in [0.1, 0.15) is 6.04 Å². The fraction of sp³-hybridized carbons (Fsp3) is 0.467. The number of fused-ring (bicyclic) bond motifs is 1. The number of carboxylic acid groups (broad SMARTS) is 1. The Morgan fingerprint density at radius 3 is 2.80 bits per heavy atom. The highest BCUT2D eigenvalue weighted by atomic mass is 16.4. The summed E-state index contributed by atoms with van der Waals surface area (Å²) in [5.74, 6) is -1.18. The first-order valence-electron chi connectivity index (χ1n) is 6.93. The third-order valence-electron chi connectivity index (χ3n) is 3.63. The van der Waals surface area contributed by atoms with Crippen molar-refractivity contribution in [3.05, 3.63) is 29.8 Å². The lowest BCUT2D eigenvalue weighted by atomic mass is 10.1. The first-order valence-corrected chi connectivity index (χ1v) is 6.93. The van der Waals surface area contributed by atoms with Gasteiger partial charge in [-0.3, -0.25) is 9.69 Å². The molecule has 1 aliphatic heterocycles. The Bertz CT molecular complexity index is 516. The number of hydrogen-bond acceptors (Lipinski definition) is 3. The molecule has 0 aromatic heterocycles. The van der Waals surface area contributed by atoms with E-state index in [2.05, 4.69) is 0 Å². The molecule has 0 bridgehead atoms. The summed E-state index contributed by atoms with van der Waals surface area (Å²) in [5.41, 5.74) is 7.50. The molecule has 3 N–H and O–H groups in total. The fourth-order valence-electron chi connectivity index (χ4n) is 2.69. The zero-order valence-electron chi connectivity index (χ0n) is 11.6. The number of hydrogen-bond donors (Lipinski definition) is 2. The molecular formula is C15H20N2O3. The van der Waals surface area contributed by atoms with Crippen molar-refractivity contribution < 1.29 is 14.7 Å². The number of rotatable bonds is 5. The maximum Gasteiger partial charge on any atom is 0.327 e. The summed E-state index contributed by atoms with van der Waals surface area (Å²) in [6, 6.07) is 6.30. The van der Waals surface area contributed by atoms with Gasteiger partial charge in [0.15, 0.2) is 0 Å². The van der Waals surface area contributed by atoms with E-state index in [1.807, 2.05) is 25.1 Å². The topological polar surface area (TPSA) is 83.6 Å². The maximum atomic E-state index is 12.4. The lowest BCUT2D eigenvalue weighted by molar-refractivity contribution is -0.139. The monoisotopic (exact) mass is 276 g/mol. The summed E-state index contributed by atoms with van der Waals surface area (Å²) < 4.78 is 0. The molecule has 108 valence electrons. The summed E-state index contributed by atoms with van der Waals surface area (Å²) >= 11 is 0. The smallest absolute Gasteiger partial charge is 0.327 e. The molecule has 0 saturated heterocycles. The molecule has 2 rings (SSSR count). The molecule has 0 radical (unpaired) electrons. The van der Waals surface area contributed by atoms with Gasteiger partial charge in [-0.2, -0.15) is 0 Å². The van der Waals surface area contributed by atoms with Crippen molar-refractivity contribution in [2.45, 2.75) is 44.7 Å². The standard InChI is InChI=1S/C15H20N2O3/c1-2-5-11(16)9-14(18)17-12-7-4-3-6-10(12)8-13(17)15(19)20/h3-4,6-7,11,13H,2,5,8-9,16H2,1H3,(H,19,20). The zero-order valence-corrected chi connectivity index (χ0v) is 11.6. The number of benzene rings is 1. The minimum Gasteiger partial charge on any atom is -0.480 e. The normalized spacial score (nSPS) is 18.7. The summed E-state index contributed by atoms with van der Waals surface area (Å²) in [7, 11) is 0. The number of anilines is 1. The predicted octanol–water partition coefficient (Wildman–Crippen LogP) is 1.55. The molecule has 5 nitrogen and oxygen atoms in total. The van der Waals surface area contributed by atoms with E-state index in [1.165, 1.54) is 4.90 Å². The van der Waals surface area contributed by atoms with Gasteiger partial charge in [-0.15, -0.1) is 0 Å². The Balaban J connectivity index is 2.22. The average molecular weight is 276 g/mol. The van der Waals surface area contributed by atoms with Crippen LogP contribution in [0.25, 0.3) is 0 Å². The van der Waals surface area contributed by atoms with Crippen LogP contribution in [0, 0.1) is 0 Å². The van der Waals surface area contributed by atoms with Crippen LogP contribution >= 0.6 is 0 Å². The SMILES string of the molecule is CCCC(N)CC(=O)N1c2ccccc2CC1C(=O)O. The molecule has 20 heavy (non-hydrogen) atoms. The third kappa shape index (κ3) is 2.82. The van der Waals surface area contributed by atoms with Crippen LogP contribution in [0.3, 0.4) is 0 Å². The molecule has 1 aliphatic rings. The summed E-state index contributed by atoms with van der Waals surface area (Å²) in [6.45, 7) is 2.01. The van der Waals surface area contributed by atoms with Crippen LogP contribution in [-0.2, 0) is 16.0 Å². The molecule has 0 fully saturated rings. The number of carboxylic acids is 1. The summed E-state index contributed by atoms with van der Waals surface area (Å²) in [6.07, 6.45) is 2.22. The number of amides is 1. The molecular weight excluding hydrogens is 256 g/mol. The van der Waals surface area contributed by atoms with Crippen LogP contribution in [-0.4, -0.2) is 29.1 Å². The highest BCUT2D eigenvalue weighted by Crippen LogP contribution is 2.32. The Hall–Kier alpha value is -1.88. The number of nitrogens with zero attached hydrogens (tertiary/aromatic N) is 1.